The van der Waals surface area contributed by atoms with Crippen molar-refractivity contribution >= 4 is 40.9 Å². The van der Waals surface area contributed by atoms with Gasteiger partial charge in [0.2, 0.25) is 5.91 Å². The molecular formula is C14H22ClIN2O2. The van der Waals surface area contributed by atoms with Gasteiger partial charge in [-0.15, -0.1) is 12.4 Å². The van der Waals surface area contributed by atoms with Gasteiger partial charge in [0.25, 0.3) is 0 Å². The van der Waals surface area contributed by atoms with Gasteiger partial charge in [0.1, 0.15) is 5.75 Å². The summed E-state index contributed by atoms with van der Waals surface area (Å²) in [7, 11) is 0. The third kappa shape index (κ3) is 8.60. The van der Waals surface area contributed by atoms with Crippen LogP contribution in [0.4, 0.5) is 0 Å². The van der Waals surface area contributed by atoms with Gasteiger partial charge < -0.3 is 15.8 Å². The van der Waals surface area contributed by atoms with Crippen LogP contribution in [0.25, 0.3) is 0 Å². The molecule has 1 amide bonds. The Morgan fingerprint density at radius 1 is 1.40 bits per heavy atom. The second-order valence-corrected chi connectivity index (χ2v) is 5.80. The standard InChI is InChI=1S/C14H21IN2O2.ClH/c1-11(9-16)10-17-14(18)3-2-8-19-13-6-4-12(15)5-7-13;/h4-7,11H,2-3,8-10,16H2,1H3,(H,17,18);1H. The number of halogens is 2. The minimum absolute atomic E-state index is 0. The van der Waals surface area contributed by atoms with Gasteiger partial charge in [0.15, 0.2) is 0 Å². The van der Waals surface area contributed by atoms with Crippen LogP contribution in [-0.2, 0) is 4.79 Å². The Balaban J connectivity index is 0.00000361. The summed E-state index contributed by atoms with van der Waals surface area (Å²) < 4.78 is 6.73. The van der Waals surface area contributed by atoms with E-state index in [0.29, 0.717) is 32.0 Å². The van der Waals surface area contributed by atoms with Crippen LogP contribution in [0.1, 0.15) is 19.8 Å². The average molecular weight is 413 g/mol. The van der Waals surface area contributed by atoms with E-state index in [2.05, 4.69) is 27.9 Å². The minimum Gasteiger partial charge on any atom is -0.494 e. The fourth-order valence-electron chi connectivity index (χ4n) is 1.41. The van der Waals surface area contributed by atoms with Gasteiger partial charge in [-0.1, -0.05) is 6.92 Å². The first-order chi connectivity index (χ1) is 9.11. The van der Waals surface area contributed by atoms with Crippen molar-refractivity contribution in [2.45, 2.75) is 19.8 Å². The van der Waals surface area contributed by atoms with Crippen LogP contribution in [0, 0.1) is 9.49 Å². The maximum absolute atomic E-state index is 11.5. The number of hydrogen-bond donors (Lipinski definition) is 2. The van der Waals surface area contributed by atoms with Crippen LogP contribution in [0.3, 0.4) is 0 Å². The molecule has 0 saturated carbocycles. The molecule has 1 unspecified atom stereocenters. The summed E-state index contributed by atoms with van der Waals surface area (Å²) in [6.45, 7) is 3.81. The molecule has 6 heteroatoms. The fourth-order valence-corrected chi connectivity index (χ4v) is 1.77. The molecule has 0 aliphatic carbocycles. The summed E-state index contributed by atoms with van der Waals surface area (Å²) in [5.41, 5.74) is 5.48. The number of ether oxygens (including phenoxy) is 1. The van der Waals surface area contributed by atoms with Gasteiger partial charge in [-0.3, -0.25) is 4.79 Å². The second-order valence-electron chi connectivity index (χ2n) is 4.55. The number of carbonyl (C=O) groups excluding carboxylic acids is 1. The quantitative estimate of drug-likeness (QED) is 0.509. The van der Waals surface area contributed by atoms with Crippen molar-refractivity contribution in [1.29, 1.82) is 0 Å². The van der Waals surface area contributed by atoms with E-state index in [-0.39, 0.29) is 18.3 Å². The van der Waals surface area contributed by atoms with Crippen LogP contribution < -0.4 is 15.8 Å². The van der Waals surface area contributed by atoms with Crippen LogP contribution in [-0.4, -0.2) is 25.6 Å². The molecule has 0 bridgehead atoms. The van der Waals surface area contributed by atoms with Gasteiger partial charge >= 0.3 is 0 Å². The summed E-state index contributed by atoms with van der Waals surface area (Å²) in [5.74, 6) is 1.23. The number of nitrogens with two attached hydrogens (primary N) is 1. The lowest BCUT2D eigenvalue weighted by atomic mass is 10.2. The molecule has 0 saturated heterocycles. The number of rotatable bonds is 8. The number of benzene rings is 1. The largest absolute Gasteiger partial charge is 0.494 e. The van der Waals surface area contributed by atoms with Crippen molar-refractivity contribution in [3.05, 3.63) is 27.8 Å². The highest BCUT2D eigenvalue weighted by Gasteiger charge is 2.04. The van der Waals surface area contributed by atoms with Crippen molar-refractivity contribution in [1.82, 2.24) is 5.32 Å². The molecule has 1 atom stereocenters. The molecule has 0 radical (unpaired) electrons. The van der Waals surface area contributed by atoms with Gasteiger partial charge in [0.05, 0.1) is 6.61 Å². The molecule has 1 aromatic rings. The summed E-state index contributed by atoms with van der Waals surface area (Å²) >= 11 is 2.25. The van der Waals surface area contributed by atoms with Crippen molar-refractivity contribution in [2.75, 3.05) is 19.7 Å². The van der Waals surface area contributed by atoms with Crippen molar-refractivity contribution in [3.63, 3.8) is 0 Å². The summed E-state index contributed by atoms with van der Waals surface area (Å²) in [5, 5.41) is 2.86. The van der Waals surface area contributed by atoms with Crippen LogP contribution in [0.15, 0.2) is 24.3 Å². The third-order valence-electron chi connectivity index (χ3n) is 2.68. The monoisotopic (exact) mass is 412 g/mol. The number of nitrogens with one attached hydrogen (secondary N) is 1. The predicted molar refractivity (Wildman–Crippen MR) is 92.4 cm³/mol. The molecule has 0 heterocycles. The Kier molecular flexibility index (Phi) is 10.9. The van der Waals surface area contributed by atoms with Crippen molar-refractivity contribution in [2.24, 2.45) is 11.7 Å². The zero-order valence-electron chi connectivity index (χ0n) is 11.6. The van der Waals surface area contributed by atoms with Crippen LogP contribution in [0.5, 0.6) is 5.75 Å². The number of amides is 1. The smallest absolute Gasteiger partial charge is 0.220 e. The predicted octanol–water partition coefficient (Wildman–Crippen LogP) is 2.58. The van der Waals surface area contributed by atoms with Gasteiger partial charge in [-0.25, -0.2) is 0 Å². The first-order valence-electron chi connectivity index (χ1n) is 6.47. The normalized spacial score (nSPS) is 11.3. The molecule has 0 spiro atoms. The van der Waals surface area contributed by atoms with Crippen molar-refractivity contribution in [3.8, 4) is 5.75 Å². The molecule has 114 valence electrons. The van der Waals surface area contributed by atoms with E-state index in [1.54, 1.807) is 0 Å². The topological polar surface area (TPSA) is 64.3 Å². The molecule has 0 aromatic heterocycles. The van der Waals surface area contributed by atoms with E-state index in [1.807, 2.05) is 31.2 Å². The third-order valence-corrected chi connectivity index (χ3v) is 3.40. The zero-order chi connectivity index (χ0) is 14.1. The Morgan fingerprint density at radius 3 is 2.65 bits per heavy atom. The Morgan fingerprint density at radius 2 is 2.05 bits per heavy atom. The summed E-state index contributed by atoms with van der Waals surface area (Å²) in [6.07, 6.45) is 1.20. The first kappa shape index (κ1) is 19.5. The van der Waals surface area contributed by atoms with E-state index in [1.165, 1.54) is 3.57 Å². The van der Waals surface area contributed by atoms with Crippen LogP contribution in [0.2, 0.25) is 0 Å². The SMILES string of the molecule is CC(CN)CNC(=O)CCCOc1ccc(I)cc1.Cl. The first-order valence-corrected chi connectivity index (χ1v) is 7.55. The molecule has 0 fully saturated rings. The lowest BCUT2D eigenvalue weighted by Crippen LogP contribution is -2.31. The highest BCUT2D eigenvalue weighted by Crippen LogP contribution is 2.13. The average Bonchev–Trinajstić information content (AvgIpc) is 2.42. The number of hydrogen-bond acceptors (Lipinski definition) is 3. The molecule has 4 nitrogen and oxygen atoms in total. The van der Waals surface area contributed by atoms with E-state index in [4.69, 9.17) is 10.5 Å². The minimum atomic E-state index is 0. The second kappa shape index (κ2) is 11.2. The Labute approximate surface area is 140 Å². The molecule has 3 N–H and O–H groups in total. The van der Waals surface area contributed by atoms with Gasteiger partial charge in [-0.2, -0.15) is 0 Å². The highest BCUT2D eigenvalue weighted by atomic mass is 127. The molecule has 20 heavy (non-hydrogen) atoms. The van der Waals surface area contributed by atoms with Gasteiger partial charge in [-0.05, 0) is 65.7 Å². The fraction of sp³-hybridized carbons (Fsp3) is 0.500. The molecule has 1 aromatic carbocycles. The Hall–Kier alpha value is -0.530. The molecule has 1 rings (SSSR count). The van der Waals surface area contributed by atoms with E-state index in [9.17, 15) is 4.79 Å². The maximum Gasteiger partial charge on any atom is 0.220 e. The van der Waals surface area contributed by atoms with E-state index < -0.39 is 0 Å². The lowest BCUT2D eigenvalue weighted by Gasteiger charge is -2.10. The highest BCUT2D eigenvalue weighted by molar-refractivity contribution is 14.1. The summed E-state index contributed by atoms with van der Waals surface area (Å²) in [6, 6.07) is 7.86. The molecular weight excluding hydrogens is 391 g/mol. The van der Waals surface area contributed by atoms with Crippen LogP contribution >= 0.6 is 35.0 Å². The van der Waals surface area contributed by atoms with Crippen molar-refractivity contribution < 1.29 is 9.53 Å². The zero-order valence-corrected chi connectivity index (χ0v) is 14.6. The maximum atomic E-state index is 11.5. The molecule has 0 aliphatic rings. The van der Waals surface area contributed by atoms with E-state index >= 15 is 0 Å². The lowest BCUT2D eigenvalue weighted by molar-refractivity contribution is -0.121. The van der Waals surface area contributed by atoms with Gasteiger partial charge in [0, 0.05) is 16.5 Å². The molecule has 0 aliphatic heterocycles. The summed E-state index contributed by atoms with van der Waals surface area (Å²) in [4.78, 5) is 11.5. The number of carbonyl (C=O) groups is 1. The Bertz CT molecular complexity index is 387. The van der Waals surface area contributed by atoms with E-state index in [0.717, 1.165) is 12.2 Å².